The Morgan fingerprint density at radius 3 is 2.62 bits per heavy atom. The number of halogens is 1. The molecule has 110 valence electrons. The monoisotopic (exact) mass is 370 g/mol. The zero-order chi connectivity index (χ0) is 15.6. The molecular formula is C13H11BrN2O4S. The highest BCUT2D eigenvalue weighted by atomic mass is 79.9. The Kier molecular flexibility index (Phi) is 4.29. The summed E-state index contributed by atoms with van der Waals surface area (Å²) in [6, 6.07) is 8.06. The van der Waals surface area contributed by atoms with Crippen molar-refractivity contribution in [3.05, 3.63) is 68.6 Å². The van der Waals surface area contributed by atoms with Crippen molar-refractivity contribution in [1.29, 1.82) is 0 Å². The molecule has 1 aromatic heterocycles. The highest BCUT2D eigenvalue weighted by Crippen LogP contribution is 2.24. The molecule has 0 aliphatic carbocycles. The lowest BCUT2D eigenvalue weighted by Crippen LogP contribution is -2.14. The molecule has 6 nitrogen and oxygen atoms in total. The minimum absolute atomic E-state index is 0.156. The van der Waals surface area contributed by atoms with E-state index in [0.29, 0.717) is 16.2 Å². The number of nitrogens with zero attached hydrogens (tertiary/aromatic N) is 2. The van der Waals surface area contributed by atoms with E-state index in [0.717, 1.165) is 10.0 Å². The highest BCUT2D eigenvalue weighted by molar-refractivity contribution is 9.10. The molecule has 0 spiro atoms. The molecule has 0 fully saturated rings. The topological polar surface area (TPSA) is 82.2 Å². The zero-order valence-corrected chi connectivity index (χ0v) is 13.3. The molecule has 0 aliphatic rings. The first kappa shape index (κ1) is 15.5. The van der Waals surface area contributed by atoms with Crippen LogP contribution in [0.15, 0.2) is 52.1 Å². The van der Waals surface area contributed by atoms with Gasteiger partial charge in [0.05, 0.1) is 15.5 Å². The number of rotatable bonds is 4. The Labute approximate surface area is 130 Å². The number of aryl methyl sites for hydroxylation is 1. The molecule has 0 saturated heterocycles. The Morgan fingerprint density at radius 1 is 1.33 bits per heavy atom. The van der Waals surface area contributed by atoms with Gasteiger partial charge in [-0.25, -0.2) is 12.4 Å². The summed E-state index contributed by atoms with van der Waals surface area (Å²) in [5.74, 6) is 0. The summed E-state index contributed by atoms with van der Waals surface area (Å²) in [6.07, 6.45) is 3.20. The van der Waals surface area contributed by atoms with E-state index in [2.05, 4.69) is 15.9 Å². The van der Waals surface area contributed by atoms with Gasteiger partial charge in [0.2, 0.25) is 6.20 Å². The van der Waals surface area contributed by atoms with Crippen molar-refractivity contribution in [2.75, 3.05) is 0 Å². The molecule has 21 heavy (non-hydrogen) atoms. The molecule has 0 unspecified atom stereocenters. The fraction of sp³-hybridized carbons (Fsp3) is 0.0769. The zero-order valence-electron chi connectivity index (χ0n) is 10.9. The first-order valence-electron chi connectivity index (χ1n) is 5.83. The van der Waals surface area contributed by atoms with E-state index in [1.807, 2.05) is 0 Å². The van der Waals surface area contributed by atoms with Crippen molar-refractivity contribution in [2.45, 2.75) is 11.8 Å². The van der Waals surface area contributed by atoms with Gasteiger partial charge in [-0.2, -0.15) is 0 Å². The fourth-order valence-electron chi connectivity index (χ4n) is 1.85. The summed E-state index contributed by atoms with van der Waals surface area (Å²) in [7, 11) is -3.81. The molecule has 0 aliphatic heterocycles. The molecule has 0 N–H and O–H groups in total. The third kappa shape index (κ3) is 3.22. The molecule has 2 aromatic rings. The van der Waals surface area contributed by atoms with Gasteiger partial charge in [0.15, 0.2) is 0 Å². The number of aromatic nitrogens is 1. The van der Waals surface area contributed by atoms with Crippen LogP contribution in [0.3, 0.4) is 0 Å². The lowest BCUT2D eigenvalue weighted by Gasteiger charge is -2.10. The van der Waals surface area contributed by atoms with Crippen molar-refractivity contribution in [1.82, 2.24) is 3.97 Å². The standard InChI is InChI=1S/C13H11BrN2O4S/c1-10-4-2-3-5-13(10)21(19,20)15-9-11(14)8-12(15)6-7-16(17)18/h2-9H,1H3. The third-order valence-corrected chi connectivity index (χ3v) is 5.06. The Balaban J connectivity index is 2.61. The third-order valence-electron chi connectivity index (χ3n) is 2.78. The maximum atomic E-state index is 12.7. The van der Waals surface area contributed by atoms with Gasteiger partial charge in [-0.15, -0.1) is 0 Å². The van der Waals surface area contributed by atoms with E-state index >= 15 is 0 Å². The molecule has 0 atom stereocenters. The number of nitro groups is 1. The van der Waals surface area contributed by atoms with E-state index in [-0.39, 0.29) is 10.6 Å². The summed E-state index contributed by atoms with van der Waals surface area (Å²) in [6.45, 7) is 1.69. The number of benzene rings is 1. The van der Waals surface area contributed by atoms with Crippen LogP contribution in [0.5, 0.6) is 0 Å². The summed E-state index contributed by atoms with van der Waals surface area (Å²) in [4.78, 5) is 9.92. The quantitative estimate of drug-likeness (QED) is 0.611. The smallest absolute Gasteiger partial charge is 0.259 e. The summed E-state index contributed by atoms with van der Waals surface area (Å²) in [5.41, 5.74) is 0.799. The lowest BCUT2D eigenvalue weighted by atomic mass is 10.2. The molecule has 0 amide bonds. The Hall–Kier alpha value is -1.93. The van der Waals surface area contributed by atoms with Crippen LogP contribution in [0.4, 0.5) is 0 Å². The molecule has 8 heteroatoms. The van der Waals surface area contributed by atoms with Gasteiger partial charge in [-0.1, -0.05) is 18.2 Å². The van der Waals surface area contributed by atoms with Gasteiger partial charge in [0, 0.05) is 16.7 Å². The molecule has 0 bridgehead atoms. The lowest BCUT2D eigenvalue weighted by molar-refractivity contribution is -0.401. The molecule has 2 rings (SSSR count). The SMILES string of the molecule is Cc1ccccc1S(=O)(=O)n1cc(Br)cc1C=C[N+](=O)[O-]. The summed E-state index contributed by atoms with van der Waals surface area (Å²) >= 11 is 3.18. The molecule has 1 aromatic carbocycles. The predicted octanol–water partition coefficient (Wildman–Crippen LogP) is 3.04. The van der Waals surface area contributed by atoms with Gasteiger partial charge in [0.1, 0.15) is 0 Å². The van der Waals surface area contributed by atoms with E-state index in [9.17, 15) is 18.5 Å². The maximum Gasteiger partial charge on any atom is 0.268 e. The number of hydrogen-bond donors (Lipinski definition) is 0. The average molecular weight is 371 g/mol. The van der Waals surface area contributed by atoms with Gasteiger partial charge in [0.25, 0.3) is 10.0 Å². The van der Waals surface area contributed by atoms with Crippen molar-refractivity contribution in [2.24, 2.45) is 0 Å². The minimum atomic E-state index is -3.81. The second-order valence-corrected chi connectivity index (χ2v) is 6.95. The van der Waals surface area contributed by atoms with Gasteiger partial charge < -0.3 is 0 Å². The van der Waals surface area contributed by atoms with E-state index in [1.165, 1.54) is 18.3 Å². The van der Waals surface area contributed by atoms with Crippen molar-refractivity contribution < 1.29 is 13.3 Å². The average Bonchev–Trinajstić information content (AvgIpc) is 2.78. The largest absolute Gasteiger partial charge is 0.268 e. The van der Waals surface area contributed by atoms with E-state index < -0.39 is 14.9 Å². The Morgan fingerprint density at radius 2 is 2.00 bits per heavy atom. The molecule has 1 heterocycles. The van der Waals surface area contributed by atoms with Gasteiger partial charge in [-0.3, -0.25) is 10.1 Å². The second kappa shape index (κ2) is 5.82. The van der Waals surface area contributed by atoms with E-state index in [1.54, 1.807) is 25.1 Å². The maximum absolute atomic E-state index is 12.7. The fourth-order valence-corrected chi connectivity index (χ4v) is 4.00. The first-order chi connectivity index (χ1) is 9.82. The van der Waals surface area contributed by atoms with Crippen LogP contribution in [-0.2, 0) is 10.0 Å². The van der Waals surface area contributed by atoms with Crippen LogP contribution in [-0.4, -0.2) is 17.3 Å². The highest BCUT2D eigenvalue weighted by Gasteiger charge is 2.21. The van der Waals surface area contributed by atoms with Gasteiger partial charge >= 0.3 is 0 Å². The van der Waals surface area contributed by atoms with Crippen molar-refractivity contribution in [3.63, 3.8) is 0 Å². The summed E-state index contributed by atoms with van der Waals surface area (Å²) < 4.78 is 26.9. The number of hydrogen-bond acceptors (Lipinski definition) is 4. The first-order valence-corrected chi connectivity index (χ1v) is 8.06. The van der Waals surface area contributed by atoms with E-state index in [4.69, 9.17) is 0 Å². The molecule has 0 saturated carbocycles. The van der Waals surface area contributed by atoms with Crippen LogP contribution in [0.25, 0.3) is 6.08 Å². The van der Waals surface area contributed by atoms with Crippen LogP contribution in [0.1, 0.15) is 11.3 Å². The second-order valence-electron chi connectivity index (χ2n) is 4.25. The minimum Gasteiger partial charge on any atom is -0.259 e. The molecular weight excluding hydrogens is 360 g/mol. The van der Waals surface area contributed by atoms with Crippen LogP contribution >= 0.6 is 15.9 Å². The summed E-state index contributed by atoms with van der Waals surface area (Å²) in [5, 5.41) is 10.4. The van der Waals surface area contributed by atoms with Crippen LogP contribution in [0.2, 0.25) is 0 Å². The molecule has 0 radical (unpaired) electrons. The normalized spacial score (nSPS) is 11.9. The van der Waals surface area contributed by atoms with Crippen LogP contribution < -0.4 is 0 Å². The van der Waals surface area contributed by atoms with Crippen molar-refractivity contribution in [3.8, 4) is 0 Å². The van der Waals surface area contributed by atoms with Crippen LogP contribution in [0, 0.1) is 17.0 Å². The van der Waals surface area contributed by atoms with Gasteiger partial charge in [-0.05, 0) is 40.5 Å². The van der Waals surface area contributed by atoms with Crippen molar-refractivity contribution >= 4 is 32.0 Å². The predicted molar refractivity (Wildman–Crippen MR) is 81.9 cm³/mol. The Bertz CT molecular complexity index is 824.